The van der Waals surface area contributed by atoms with Crippen molar-refractivity contribution in [2.75, 3.05) is 13.6 Å². The molecule has 1 saturated carbocycles. The van der Waals surface area contributed by atoms with Gasteiger partial charge in [0.25, 0.3) is 0 Å². The number of aromatic hydroxyl groups is 1. The smallest absolute Gasteiger partial charge is 0.115 e. The molecule has 0 amide bonds. The fourth-order valence-electron chi connectivity index (χ4n) is 3.44. The molecule has 3 atom stereocenters. The SMILES string of the molecule is CC(Cc1ccc(O)cc1)N(C)C1CCCCC1CN. The van der Waals surface area contributed by atoms with Gasteiger partial charge >= 0.3 is 0 Å². The van der Waals surface area contributed by atoms with E-state index in [1.165, 1.54) is 31.2 Å². The van der Waals surface area contributed by atoms with Crippen LogP contribution in [-0.2, 0) is 6.42 Å². The lowest BCUT2D eigenvalue weighted by Gasteiger charge is -2.40. The Morgan fingerprint density at radius 1 is 1.25 bits per heavy atom. The molecule has 0 aromatic heterocycles. The zero-order chi connectivity index (χ0) is 14.5. The van der Waals surface area contributed by atoms with Crippen LogP contribution in [-0.4, -0.2) is 35.7 Å². The van der Waals surface area contributed by atoms with Gasteiger partial charge in [-0.05, 0) is 63.4 Å². The molecule has 20 heavy (non-hydrogen) atoms. The molecule has 1 aliphatic rings. The molecule has 0 radical (unpaired) electrons. The summed E-state index contributed by atoms with van der Waals surface area (Å²) in [4.78, 5) is 2.52. The van der Waals surface area contributed by atoms with Crippen molar-refractivity contribution in [3.63, 3.8) is 0 Å². The van der Waals surface area contributed by atoms with Crippen molar-refractivity contribution in [3.05, 3.63) is 29.8 Å². The molecule has 2 rings (SSSR count). The first kappa shape index (κ1) is 15.3. The summed E-state index contributed by atoms with van der Waals surface area (Å²) >= 11 is 0. The van der Waals surface area contributed by atoms with Crippen LogP contribution >= 0.6 is 0 Å². The Bertz CT molecular complexity index is 404. The summed E-state index contributed by atoms with van der Waals surface area (Å²) in [6.45, 7) is 3.09. The first-order chi connectivity index (χ1) is 9.61. The van der Waals surface area contributed by atoms with Crippen molar-refractivity contribution in [3.8, 4) is 5.75 Å². The van der Waals surface area contributed by atoms with E-state index in [9.17, 15) is 5.11 Å². The van der Waals surface area contributed by atoms with Crippen LogP contribution in [0.1, 0.15) is 38.2 Å². The number of rotatable bonds is 5. The standard InChI is InChI=1S/C17H28N2O/c1-13(11-14-7-9-16(20)10-8-14)19(2)17-6-4-3-5-15(17)12-18/h7-10,13,15,17,20H,3-6,11-12,18H2,1-2H3. The van der Waals surface area contributed by atoms with Gasteiger partial charge in [-0.3, -0.25) is 0 Å². The van der Waals surface area contributed by atoms with Gasteiger partial charge in [0.15, 0.2) is 0 Å². The molecule has 3 N–H and O–H groups in total. The summed E-state index contributed by atoms with van der Waals surface area (Å²) in [7, 11) is 2.24. The molecule has 0 heterocycles. The highest BCUT2D eigenvalue weighted by atomic mass is 16.3. The third kappa shape index (κ3) is 3.74. The number of likely N-dealkylation sites (N-methyl/N-ethyl adjacent to an activating group) is 1. The molecule has 112 valence electrons. The van der Waals surface area contributed by atoms with Crippen LogP contribution in [0, 0.1) is 5.92 Å². The van der Waals surface area contributed by atoms with Crippen LogP contribution in [0.3, 0.4) is 0 Å². The van der Waals surface area contributed by atoms with Gasteiger partial charge in [0.05, 0.1) is 0 Å². The maximum Gasteiger partial charge on any atom is 0.115 e. The third-order valence-electron chi connectivity index (χ3n) is 4.86. The van der Waals surface area contributed by atoms with Crippen molar-refractivity contribution in [2.45, 2.75) is 51.1 Å². The van der Waals surface area contributed by atoms with Gasteiger partial charge in [0.2, 0.25) is 0 Å². The number of nitrogens with zero attached hydrogens (tertiary/aromatic N) is 1. The highest BCUT2D eigenvalue weighted by Crippen LogP contribution is 2.28. The highest BCUT2D eigenvalue weighted by Gasteiger charge is 2.29. The molecule has 3 heteroatoms. The van der Waals surface area contributed by atoms with Gasteiger partial charge < -0.3 is 15.7 Å². The van der Waals surface area contributed by atoms with E-state index in [2.05, 4.69) is 18.9 Å². The lowest BCUT2D eigenvalue weighted by atomic mass is 9.83. The summed E-state index contributed by atoms with van der Waals surface area (Å²) in [5, 5.41) is 9.35. The third-order valence-corrected chi connectivity index (χ3v) is 4.86. The fraction of sp³-hybridized carbons (Fsp3) is 0.647. The molecule has 1 fully saturated rings. The average molecular weight is 276 g/mol. The topological polar surface area (TPSA) is 49.5 Å². The molecule has 0 saturated heterocycles. The predicted molar refractivity (Wildman–Crippen MR) is 83.8 cm³/mol. The zero-order valence-electron chi connectivity index (χ0n) is 12.8. The minimum atomic E-state index is 0.338. The molecular formula is C17H28N2O. The van der Waals surface area contributed by atoms with Crippen LogP contribution in [0.25, 0.3) is 0 Å². The van der Waals surface area contributed by atoms with E-state index in [0.717, 1.165) is 13.0 Å². The molecule has 0 bridgehead atoms. The largest absolute Gasteiger partial charge is 0.508 e. The normalized spacial score (nSPS) is 24.8. The van der Waals surface area contributed by atoms with Gasteiger partial charge in [-0.15, -0.1) is 0 Å². The maximum absolute atomic E-state index is 9.35. The summed E-state index contributed by atoms with van der Waals surface area (Å²) < 4.78 is 0. The Kier molecular flexibility index (Phi) is 5.44. The molecule has 0 aliphatic heterocycles. The number of benzene rings is 1. The van der Waals surface area contributed by atoms with Crippen LogP contribution in [0.15, 0.2) is 24.3 Å². The Morgan fingerprint density at radius 2 is 1.90 bits per heavy atom. The van der Waals surface area contributed by atoms with E-state index in [1.807, 2.05) is 12.1 Å². The van der Waals surface area contributed by atoms with E-state index < -0.39 is 0 Å². The summed E-state index contributed by atoms with van der Waals surface area (Å²) in [6.07, 6.45) is 6.23. The van der Waals surface area contributed by atoms with Crippen LogP contribution in [0.2, 0.25) is 0 Å². The van der Waals surface area contributed by atoms with Crippen molar-refractivity contribution in [2.24, 2.45) is 11.7 Å². The molecule has 0 spiro atoms. The van der Waals surface area contributed by atoms with Crippen molar-refractivity contribution in [1.82, 2.24) is 4.90 Å². The first-order valence-corrected chi connectivity index (χ1v) is 7.81. The van der Waals surface area contributed by atoms with Gasteiger partial charge in [-0.25, -0.2) is 0 Å². The number of hydrogen-bond acceptors (Lipinski definition) is 3. The first-order valence-electron chi connectivity index (χ1n) is 7.81. The molecule has 1 aromatic carbocycles. The van der Waals surface area contributed by atoms with E-state index in [1.54, 1.807) is 12.1 Å². The minimum Gasteiger partial charge on any atom is -0.508 e. The second-order valence-corrected chi connectivity index (χ2v) is 6.23. The van der Waals surface area contributed by atoms with E-state index in [0.29, 0.717) is 23.8 Å². The molecule has 3 unspecified atom stereocenters. The summed E-state index contributed by atoms with van der Waals surface area (Å²) in [5.41, 5.74) is 7.23. The predicted octanol–water partition coefficient (Wildman–Crippen LogP) is 2.77. The lowest BCUT2D eigenvalue weighted by molar-refractivity contribution is 0.0988. The van der Waals surface area contributed by atoms with E-state index in [4.69, 9.17) is 5.73 Å². The van der Waals surface area contributed by atoms with Crippen molar-refractivity contribution >= 4 is 0 Å². The molecule has 3 nitrogen and oxygen atoms in total. The zero-order valence-corrected chi connectivity index (χ0v) is 12.8. The Hall–Kier alpha value is -1.06. The highest BCUT2D eigenvalue weighted by molar-refractivity contribution is 5.26. The lowest BCUT2D eigenvalue weighted by Crippen LogP contribution is -2.47. The average Bonchev–Trinajstić information content (AvgIpc) is 2.48. The van der Waals surface area contributed by atoms with Gasteiger partial charge in [-0.1, -0.05) is 25.0 Å². The monoisotopic (exact) mass is 276 g/mol. The number of phenols is 1. The molecule has 1 aromatic rings. The second kappa shape index (κ2) is 7.09. The van der Waals surface area contributed by atoms with Crippen LogP contribution < -0.4 is 5.73 Å². The van der Waals surface area contributed by atoms with Gasteiger partial charge in [0, 0.05) is 12.1 Å². The summed E-state index contributed by atoms with van der Waals surface area (Å²) in [6, 6.07) is 8.69. The quantitative estimate of drug-likeness (QED) is 0.869. The van der Waals surface area contributed by atoms with Crippen molar-refractivity contribution < 1.29 is 5.11 Å². The Labute approximate surface area is 122 Å². The van der Waals surface area contributed by atoms with Crippen LogP contribution in [0.5, 0.6) is 5.75 Å². The second-order valence-electron chi connectivity index (χ2n) is 6.23. The Morgan fingerprint density at radius 3 is 2.55 bits per heavy atom. The Balaban J connectivity index is 1.96. The van der Waals surface area contributed by atoms with Crippen molar-refractivity contribution in [1.29, 1.82) is 0 Å². The fourth-order valence-corrected chi connectivity index (χ4v) is 3.44. The minimum absolute atomic E-state index is 0.338. The van der Waals surface area contributed by atoms with E-state index >= 15 is 0 Å². The number of phenolic OH excluding ortho intramolecular Hbond substituents is 1. The number of nitrogens with two attached hydrogens (primary N) is 1. The maximum atomic E-state index is 9.35. The van der Waals surface area contributed by atoms with Gasteiger partial charge in [0.1, 0.15) is 5.75 Å². The number of hydrogen-bond donors (Lipinski definition) is 2. The molecular weight excluding hydrogens is 248 g/mol. The van der Waals surface area contributed by atoms with Gasteiger partial charge in [-0.2, -0.15) is 0 Å². The van der Waals surface area contributed by atoms with Crippen LogP contribution in [0.4, 0.5) is 0 Å². The van der Waals surface area contributed by atoms with E-state index in [-0.39, 0.29) is 0 Å². The summed E-state index contributed by atoms with van der Waals surface area (Å²) in [5.74, 6) is 0.987. The molecule has 1 aliphatic carbocycles.